The summed E-state index contributed by atoms with van der Waals surface area (Å²) >= 11 is 6.94. The highest BCUT2D eigenvalue weighted by atomic mass is 79.9. The molecule has 0 spiro atoms. The van der Waals surface area contributed by atoms with Gasteiger partial charge in [-0.25, -0.2) is 0 Å². The molecule has 18 heavy (non-hydrogen) atoms. The van der Waals surface area contributed by atoms with Gasteiger partial charge in [0.25, 0.3) is 0 Å². The van der Waals surface area contributed by atoms with Crippen LogP contribution in [0.2, 0.25) is 0 Å². The molecule has 1 N–H and O–H groups in total. The predicted molar refractivity (Wildman–Crippen MR) is 84.3 cm³/mol. The minimum Gasteiger partial charge on any atom is -0.488 e. The number of rotatable bonds is 7. The zero-order chi connectivity index (χ0) is 13.5. The summed E-state index contributed by atoms with van der Waals surface area (Å²) in [5.74, 6) is 0.885. The molecule has 0 fully saturated rings. The zero-order valence-electron chi connectivity index (χ0n) is 11.2. The van der Waals surface area contributed by atoms with Gasteiger partial charge in [0.15, 0.2) is 0 Å². The second-order valence-corrected chi connectivity index (χ2v) is 6.37. The molecule has 0 heterocycles. The number of hydrogen-bond donors (Lipinski definition) is 1. The van der Waals surface area contributed by atoms with Crippen molar-refractivity contribution >= 4 is 31.9 Å². The summed E-state index contributed by atoms with van der Waals surface area (Å²) in [6, 6.07) is 6.50. The largest absolute Gasteiger partial charge is 0.488 e. The second-order valence-electron chi connectivity index (χ2n) is 4.60. The van der Waals surface area contributed by atoms with Gasteiger partial charge < -0.3 is 10.1 Å². The average Bonchev–Trinajstić information content (AvgIpc) is 2.31. The molecule has 0 bridgehead atoms. The fraction of sp³-hybridized carbons (Fsp3) is 0.571. The van der Waals surface area contributed by atoms with E-state index in [0.29, 0.717) is 6.04 Å². The van der Waals surface area contributed by atoms with Gasteiger partial charge in [-0.05, 0) is 54.4 Å². The Morgan fingerprint density at radius 3 is 2.61 bits per heavy atom. The van der Waals surface area contributed by atoms with Gasteiger partial charge >= 0.3 is 0 Å². The van der Waals surface area contributed by atoms with Crippen LogP contribution in [0.1, 0.15) is 33.6 Å². The quantitative estimate of drug-likeness (QED) is 0.738. The Hall–Kier alpha value is -0.0600. The number of halogens is 2. The molecule has 0 aliphatic carbocycles. The van der Waals surface area contributed by atoms with Gasteiger partial charge in [0.05, 0.1) is 4.47 Å². The molecule has 1 aromatic rings. The Morgan fingerprint density at radius 1 is 1.28 bits per heavy atom. The molecule has 2 atom stereocenters. The van der Waals surface area contributed by atoms with E-state index in [-0.39, 0.29) is 6.10 Å². The topological polar surface area (TPSA) is 21.3 Å². The van der Waals surface area contributed by atoms with Crippen LogP contribution in [0.3, 0.4) is 0 Å². The molecule has 0 radical (unpaired) electrons. The van der Waals surface area contributed by atoms with Crippen molar-refractivity contribution in [2.75, 3.05) is 6.54 Å². The summed E-state index contributed by atoms with van der Waals surface area (Å²) in [6.07, 6.45) is 2.57. The van der Waals surface area contributed by atoms with Crippen LogP contribution in [0, 0.1) is 0 Å². The van der Waals surface area contributed by atoms with Crippen LogP contribution in [0.5, 0.6) is 5.75 Å². The van der Waals surface area contributed by atoms with E-state index in [1.54, 1.807) is 0 Å². The van der Waals surface area contributed by atoms with Gasteiger partial charge in [-0.2, -0.15) is 0 Å². The van der Waals surface area contributed by atoms with Crippen molar-refractivity contribution < 1.29 is 4.74 Å². The van der Waals surface area contributed by atoms with Crippen LogP contribution < -0.4 is 10.1 Å². The highest BCUT2D eigenvalue weighted by Crippen LogP contribution is 2.28. The average molecular weight is 379 g/mol. The highest BCUT2D eigenvalue weighted by molar-refractivity contribution is 9.11. The smallest absolute Gasteiger partial charge is 0.134 e. The van der Waals surface area contributed by atoms with Crippen LogP contribution in [0.25, 0.3) is 0 Å². The lowest BCUT2D eigenvalue weighted by molar-refractivity contribution is 0.210. The Balaban J connectivity index is 2.42. The predicted octanol–water partition coefficient (Wildman–Crippen LogP) is 4.76. The van der Waals surface area contributed by atoms with Crippen molar-refractivity contribution in [1.82, 2.24) is 5.32 Å². The molecule has 0 saturated carbocycles. The van der Waals surface area contributed by atoms with Crippen LogP contribution in [0.4, 0.5) is 0 Å². The molecule has 102 valence electrons. The SMILES string of the molecule is CCCC(C)NCC(C)Oc1ccc(Br)cc1Br. The van der Waals surface area contributed by atoms with Gasteiger partial charge in [-0.15, -0.1) is 0 Å². The van der Waals surface area contributed by atoms with Crippen molar-refractivity contribution in [2.24, 2.45) is 0 Å². The number of hydrogen-bond acceptors (Lipinski definition) is 2. The number of nitrogens with one attached hydrogen (secondary N) is 1. The third kappa shape index (κ3) is 5.72. The van der Waals surface area contributed by atoms with Crippen molar-refractivity contribution in [3.63, 3.8) is 0 Å². The minimum absolute atomic E-state index is 0.154. The molecule has 0 saturated heterocycles. The summed E-state index contributed by atoms with van der Waals surface area (Å²) in [6.45, 7) is 7.37. The lowest BCUT2D eigenvalue weighted by Gasteiger charge is -2.19. The zero-order valence-corrected chi connectivity index (χ0v) is 14.3. The first-order valence-corrected chi connectivity index (χ1v) is 7.96. The monoisotopic (exact) mass is 377 g/mol. The normalized spacial score (nSPS) is 14.3. The van der Waals surface area contributed by atoms with Gasteiger partial charge in [-0.1, -0.05) is 29.3 Å². The number of benzene rings is 1. The third-order valence-electron chi connectivity index (χ3n) is 2.70. The molecule has 2 unspecified atom stereocenters. The van der Waals surface area contributed by atoms with Crippen LogP contribution in [-0.4, -0.2) is 18.7 Å². The fourth-order valence-electron chi connectivity index (χ4n) is 1.73. The number of ether oxygens (including phenoxy) is 1. The fourth-order valence-corrected chi connectivity index (χ4v) is 2.87. The minimum atomic E-state index is 0.154. The van der Waals surface area contributed by atoms with E-state index in [1.807, 2.05) is 18.2 Å². The molecule has 2 nitrogen and oxygen atoms in total. The van der Waals surface area contributed by atoms with Crippen LogP contribution >= 0.6 is 31.9 Å². The molecule has 0 aliphatic heterocycles. The van der Waals surface area contributed by atoms with Gasteiger partial charge in [0, 0.05) is 17.1 Å². The van der Waals surface area contributed by atoms with Gasteiger partial charge in [-0.3, -0.25) is 0 Å². The molecule has 0 aliphatic rings. The van der Waals surface area contributed by atoms with E-state index >= 15 is 0 Å². The van der Waals surface area contributed by atoms with E-state index in [2.05, 4.69) is 57.9 Å². The van der Waals surface area contributed by atoms with Crippen molar-refractivity contribution in [2.45, 2.75) is 45.8 Å². The first-order valence-electron chi connectivity index (χ1n) is 6.38. The summed E-state index contributed by atoms with van der Waals surface area (Å²) in [5.41, 5.74) is 0. The van der Waals surface area contributed by atoms with Crippen molar-refractivity contribution in [1.29, 1.82) is 0 Å². The Morgan fingerprint density at radius 2 is 2.00 bits per heavy atom. The molecule has 1 rings (SSSR count). The van der Waals surface area contributed by atoms with Crippen molar-refractivity contribution in [3.8, 4) is 5.75 Å². The summed E-state index contributed by atoms with van der Waals surface area (Å²) in [7, 11) is 0. The summed E-state index contributed by atoms with van der Waals surface area (Å²) < 4.78 is 7.92. The Labute approximate surface area is 127 Å². The Kier molecular flexibility index (Phi) is 7.27. The van der Waals surface area contributed by atoms with Crippen molar-refractivity contribution in [3.05, 3.63) is 27.1 Å². The maximum atomic E-state index is 5.90. The lowest BCUT2D eigenvalue weighted by Crippen LogP contribution is -2.35. The van der Waals surface area contributed by atoms with E-state index in [0.717, 1.165) is 21.2 Å². The van der Waals surface area contributed by atoms with Gasteiger partial charge in [0.2, 0.25) is 0 Å². The maximum absolute atomic E-state index is 5.90. The van der Waals surface area contributed by atoms with E-state index < -0.39 is 0 Å². The van der Waals surface area contributed by atoms with Crippen LogP contribution in [-0.2, 0) is 0 Å². The Bertz CT molecular complexity index is 371. The second kappa shape index (κ2) is 8.18. The summed E-state index contributed by atoms with van der Waals surface area (Å²) in [4.78, 5) is 0. The summed E-state index contributed by atoms with van der Waals surface area (Å²) in [5, 5.41) is 3.48. The lowest BCUT2D eigenvalue weighted by atomic mass is 10.2. The molecule has 1 aromatic carbocycles. The molecular weight excluding hydrogens is 358 g/mol. The third-order valence-corrected chi connectivity index (χ3v) is 3.81. The molecule has 0 aromatic heterocycles. The van der Waals surface area contributed by atoms with E-state index in [9.17, 15) is 0 Å². The maximum Gasteiger partial charge on any atom is 0.134 e. The first kappa shape index (κ1) is 16.0. The highest BCUT2D eigenvalue weighted by Gasteiger charge is 2.09. The van der Waals surface area contributed by atoms with Crippen LogP contribution in [0.15, 0.2) is 27.1 Å². The molecular formula is C14H21Br2NO. The van der Waals surface area contributed by atoms with E-state index in [1.165, 1.54) is 12.8 Å². The molecule has 4 heteroatoms. The van der Waals surface area contributed by atoms with Gasteiger partial charge in [0.1, 0.15) is 11.9 Å². The standard InChI is InChI=1S/C14H21Br2NO/c1-4-5-10(2)17-9-11(3)18-14-7-6-12(15)8-13(14)16/h6-8,10-11,17H,4-5,9H2,1-3H3. The molecule has 0 amide bonds. The first-order chi connectivity index (χ1) is 8.52. The van der Waals surface area contributed by atoms with E-state index in [4.69, 9.17) is 4.74 Å².